The van der Waals surface area contributed by atoms with Crippen LogP contribution in [0.15, 0.2) is 60.9 Å². The summed E-state index contributed by atoms with van der Waals surface area (Å²) in [5.74, 6) is 0.626. The van der Waals surface area contributed by atoms with E-state index in [4.69, 9.17) is 14.2 Å². The van der Waals surface area contributed by atoms with E-state index >= 15 is 0 Å². The highest BCUT2D eigenvalue weighted by Crippen LogP contribution is 2.38. The van der Waals surface area contributed by atoms with Crippen LogP contribution in [0.3, 0.4) is 0 Å². The zero-order valence-corrected chi connectivity index (χ0v) is 17.5. The van der Waals surface area contributed by atoms with Crippen molar-refractivity contribution in [2.45, 2.75) is 6.54 Å². The van der Waals surface area contributed by atoms with Gasteiger partial charge in [-0.1, -0.05) is 12.1 Å². The highest BCUT2D eigenvalue weighted by molar-refractivity contribution is 6.05. The van der Waals surface area contributed by atoms with Crippen LogP contribution in [-0.4, -0.2) is 38.1 Å². The Balaban J connectivity index is 1.70. The van der Waals surface area contributed by atoms with Crippen molar-refractivity contribution in [3.63, 3.8) is 0 Å². The Bertz CT molecular complexity index is 1040. The normalized spacial score (nSPS) is 10.2. The van der Waals surface area contributed by atoms with Crippen LogP contribution < -0.4 is 24.8 Å². The zero-order valence-electron chi connectivity index (χ0n) is 17.5. The molecule has 0 spiro atoms. The smallest absolute Gasteiger partial charge is 0.255 e. The second-order valence-corrected chi connectivity index (χ2v) is 6.49. The zero-order chi connectivity index (χ0) is 22.2. The molecule has 0 aliphatic carbocycles. The second kappa shape index (κ2) is 10.1. The van der Waals surface area contributed by atoms with Gasteiger partial charge in [-0.05, 0) is 42.0 Å². The van der Waals surface area contributed by atoms with E-state index in [1.807, 2.05) is 6.07 Å². The molecule has 160 valence electrons. The Morgan fingerprint density at radius 3 is 2.23 bits per heavy atom. The number of rotatable bonds is 8. The van der Waals surface area contributed by atoms with Gasteiger partial charge in [0.05, 0.1) is 26.9 Å². The van der Waals surface area contributed by atoms with Crippen LogP contribution in [0.2, 0.25) is 0 Å². The first kappa shape index (κ1) is 21.6. The van der Waals surface area contributed by atoms with E-state index in [0.717, 1.165) is 5.56 Å². The lowest BCUT2D eigenvalue weighted by Crippen LogP contribution is -2.23. The summed E-state index contributed by atoms with van der Waals surface area (Å²) in [5, 5.41) is 5.68. The predicted octanol–water partition coefficient (Wildman–Crippen LogP) is 3.29. The van der Waals surface area contributed by atoms with Crippen molar-refractivity contribution < 1.29 is 23.8 Å². The van der Waals surface area contributed by atoms with E-state index in [2.05, 4.69) is 15.6 Å². The standard InChI is InChI=1S/C23H23N3O5/c1-29-19-11-17(12-20(30-2)21(19)31-3)23(28)26-18-8-4-6-15(10-18)13-25-22(27)16-7-5-9-24-14-16/h4-12,14H,13H2,1-3H3,(H,25,27)(H,26,28). The summed E-state index contributed by atoms with van der Waals surface area (Å²) in [5.41, 5.74) is 2.26. The first-order chi connectivity index (χ1) is 15.0. The number of hydrogen-bond donors (Lipinski definition) is 2. The molecule has 31 heavy (non-hydrogen) atoms. The van der Waals surface area contributed by atoms with E-state index in [1.54, 1.807) is 48.7 Å². The van der Waals surface area contributed by atoms with Crippen LogP contribution in [0.4, 0.5) is 5.69 Å². The number of anilines is 1. The molecule has 0 radical (unpaired) electrons. The van der Waals surface area contributed by atoms with Crippen molar-refractivity contribution in [3.05, 3.63) is 77.6 Å². The Kier molecular flexibility index (Phi) is 7.05. The maximum atomic E-state index is 12.8. The molecule has 1 heterocycles. The van der Waals surface area contributed by atoms with Gasteiger partial charge in [0.25, 0.3) is 11.8 Å². The topological polar surface area (TPSA) is 98.8 Å². The molecule has 8 nitrogen and oxygen atoms in total. The van der Waals surface area contributed by atoms with Crippen LogP contribution in [0.5, 0.6) is 17.2 Å². The third-order valence-electron chi connectivity index (χ3n) is 4.49. The van der Waals surface area contributed by atoms with Crippen molar-refractivity contribution in [2.24, 2.45) is 0 Å². The summed E-state index contributed by atoms with van der Waals surface area (Å²) >= 11 is 0. The molecule has 8 heteroatoms. The molecule has 0 saturated carbocycles. The Morgan fingerprint density at radius 2 is 1.61 bits per heavy atom. The Morgan fingerprint density at radius 1 is 0.871 bits per heavy atom. The lowest BCUT2D eigenvalue weighted by atomic mass is 10.1. The fraction of sp³-hybridized carbons (Fsp3) is 0.174. The molecule has 3 rings (SSSR count). The molecule has 2 amide bonds. The van der Waals surface area contributed by atoms with Crippen LogP contribution in [0.25, 0.3) is 0 Å². The number of carbonyl (C=O) groups is 2. The highest BCUT2D eigenvalue weighted by atomic mass is 16.5. The number of nitrogens with one attached hydrogen (secondary N) is 2. The largest absolute Gasteiger partial charge is 0.493 e. The molecular formula is C23H23N3O5. The second-order valence-electron chi connectivity index (χ2n) is 6.49. The summed E-state index contributed by atoms with van der Waals surface area (Å²) < 4.78 is 15.9. The molecule has 0 aliphatic rings. The van der Waals surface area contributed by atoms with Crippen molar-refractivity contribution in [1.82, 2.24) is 10.3 Å². The molecule has 3 aromatic rings. The maximum Gasteiger partial charge on any atom is 0.255 e. The minimum Gasteiger partial charge on any atom is -0.493 e. The third kappa shape index (κ3) is 5.30. The quantitative estimate of drug-likeness (QED) is 0.579. The lowest BCUT2D eigenvalue weighted by molar-refractivity contribution is 0.0949. The molecule has 0 fully saturated rings. The molecule has 0 atom stereocenters. The first-order valence-electron chi connectivity index (χ1n) is 9.44. The van der Waals surface area contributed by atoms with Gasteiger partial charge in [0, 0.05) is 30.2 Å². The molecule has 0 unspecified atom stereocenters. The summed E-state index contributed by atoms with van der Waals surface area (Å²) in [7, 11) is 4.48. The molecule has 1 aromatic heterocycles. The number of amides is 2. The van der Waals surface area contributed by atoms with Gasteiger partial charge < -0.3 is 24.8 Å². The highest BCUT2D eigenvalue weighted by Gasteiger charge is 2.17. The van der Waals surface area contributed by atoms with Gasteiger partial charge in [-0.25, -0.2) is 0 Å². The number of methoxy groups -OCH3 is 3. The third-order valence-corrected chi connectivity index (χ3v) is 4.49. The number of pyridine rings is 1. The fourth-order valence-corrected chi connectivity index (χ4v) is 2.96. The minimum atomic E-state index is -0.337. The first-order valence-corrected chi connectivity index (χ1v) is 9.44. The average Bonchev–Trinajstić information content (AvgIpc) is 2.82. The van der Waals surface area contributed by atoms with Crippen molar-refractivity contribution in [2.75, 3.05) is 26.6 Å². The predicted molar refractivity (Wildman–Crippen MR) is 116 cm³/mol. The number of aromatic nitrogens is 1. The molecule has 0 bridgehead atoms. The summed E-state index contributed by atoms with van der Waals surface area (Å²) in [6.07, 6.45) is 3.11. The summed E-state index contributed by atoms with van der Waals surface area (Å²) in [4.78, 5) is 28.9. The van der Waals surface area contributed by atoms with E-state index in [1.165, 1.54) is 27.5 Å². The van der Waals surface area contributed by atoms with Gasteiger partial charge in [0.1, 0.15) is 0 Å². The van der Waals surface area contributed by atoms with Gasteiger partial charge in [-0.2, -0.15) is 0 Å². The van der Waals surface area contributed by atoms with Crippen LogP contribution >= 0.6 is 0 Å². The average molecular weight is 421 g/mol. The number of benzene rings is 2. The lowest BCUT2D eigenvalue weighted by Gasteiger charge is -2.14. The number of ether oxygens (including phenoxy) is 3. The van der Waals surface area contributed by atoms with E-state index < -0.39 is 0 Å². The van der Waals surface area contributed by atoms with Gasteiger partial charge in [-0.3, -0.25) is 14.6 Å². The van der Waals surface area contributed by atoms with Crippen molar-refractivity contribution in [1.29, 1.82) is 0 Å². The maximum absolute atomic E-state index is 12.8. The summed E-state index contributed by atoms with van der Waals surface area (Å²) in [6.45, 7) is 0.307. The van der Waals surface area contributed by atoms with Crippen LogP contribution in [0.1, 0.15) is 26.3 Å². The van der Waals surface area contributed by atoms with Crippen LogP contribution in [0, 0.1) is 0 Å². The monoisotopic (exact) mass is 421 g/mol. The van der Waals surface area contributed by atoms with Crippen molar-refractivity contribution >= 4 is 17.5 Å². The van der Waals surface area contributed by atoms with Gasteiger partial charge in [0.15, 0.2) is 11.5 Å². The number of carbonyl (C=O) groups excluding carboxylic acids is 2. The van der Waals surface area contributed by atoms with Crippen molar-refractivity contribution in [3.8, 4) is 17.2 Å². The van der Waals surface area contributed by atoms with E-state index in [-0.39, 0.29) is 11.8 Å². The Hall–Kier alpha value is -4.07. The van der Waals surface area contributed by atoms with Crippen LogP contribution in [-0.2, 0) is 6.54 Å². The molecule has 0 saturated heterocycles. The molecule has 2 N–H and O–H groups in total. The number of nitrogens with zero attached hydrogens (tertiary/aromatic N) is 1. The molecule has 0 aliphatic heterocycles. The van der Waals surface area contributed by atoms with E-state index in [0.29, 0.717) is 40.6 Å². The Labute approximate surface area is 180 Å². The molecular weight excluding hydrogens is 398 g/mol. The molecule has 2 aromatic carbocycles. The minimum absolute atomic E-state index is 0.222. The van der Waals surface area contributed by atoms with Gasteiger partial charge in [0.2, 0.25) is 5.75 Å². The van der Waals surface area contributed by atoms with Gasteiger partial charge in [-0.15, -0.1) is 0 Å². The van der Waals surface area contributed by atoms with Gasteiger partial charge >= 0.3 is 0 Å². The number of hydrogen-bond acceptors (Lipinski definition) is 6. The fourth-order valence-electron chi connectivity index (χ4n) is 2.96. The SMILES string of the molecule is COc1cc(C(=O)Nc2cccc(CNC(=O)c3cccnc3)c2)cc(OC)c1OC. The van der Waals surface area contributed by atoms with E-state index in [9.17, 15) is 9.59 Å². The summed E-state index contributed by atoms with van der Waals surface area (Å²) in [6, 6.07) is 13.8.